The molecule has 96 valence electrons. The lowest BCUT2D eigenvalue weighted by Gasteiger charge is -2.07. The van der Waals surface area contributed by atoms with E-state index in [-0.39, 0.29) is 15.6 Å². The Morgan fingerprint density at radius 1 is 1.00 bits per heavy atom. The largest absolute Gasteiger partial charge is 0.288 e. The van der Waals surface area contributed by atoms with Crippen LogP contribution in [0.2, 0.25) is 0 Å². The summed E-state index contributed by atoms with van der Waals surface area (Å²) in [5, 5.41) is 0.300. The summed E-state index contributed by atoms with van der Waals surface area (Å²) in [5.74, 6) is -4.13. The van der Waals surface area contributed by atoms with Gasteiger partial charge in [0.05, 0.1) is 4.70 Å². The third-order valence-electron chi connectivity index (χ3n) is 3.09. The Kier molecular flexibility index (Phi) is 2.60. The van der Waals surface area contributed by atoms with E-state index in [1.54, 1.807) is 24.3 Å². The van der Waals surface area contributed by atoms with Gasteiger partial charge >= 0.3 is 0 Å². The molecule has 0 saturated carbocycles. The highest BCUT2D eigenvalue weighted by molar-refractivity contribution is 7.24. The highest BCUT2D eigenvalue weighted by Crippen LogP contribution is 2.31. The highest BCUT2D eigenvalue weighted by Gasteiger charge is 2.21. The second kappa shape index (κ2) is 4.06. The number of benzene rings is 2. The van der Waals surface area contributed by atoms with Gasteiger partial charge in [-0.1, -0.05) is 12.1 Å². The number of hydrogen-bond acceptors (Lipinski definition) is 2. The summed E-state index contributed by atoms with van der Waals surface area (Å²) >= 11 is 0.947. The Morgan fingerprint density at radius 3 is 2.42 bits per heavy atom. The Morgan fingerprint density at radius 2 is 1.68 bits per heavy atom. The van der Waals surface area contributed by atoms with Crippen LogP contribution in [0.3, 0.4) is 0 Å². The minimum Gasteiger partial charge on any atom is -0.288 e. The summed E-state index contributed by atoms with van der Waals surface area (Å²) in [7, 11) is 0. The van der Waals surface area contributed by atoms with Crippen molar-refractivity contribution in [2.24, 2.45) is 0 Å². The van der Waals surface area contributed by atoms with Gasteiger partial charge < -0.3 is 0 Å². The first-order valence-electron chi connectivity index (χ1n) is 5.51. The van der Waals surface area contributed by atoms with Crippen LogP contribution in [0, 0.1) is 24.4 Å². The van der Waals surface area contributed by atoms with E-state index in [1.807, 2.05) is 0 Å². The van der Waals surface area contributed by atoms with Gasteiger partial charge in [-0.2, -0.15) is 0 Å². The molecule has 0 radical (unpaired) electrons. The maximum atomic E-state index is 13.8. The van der Waals surface area contributed by atoms with Gasteiger partial charge in [-0.25, -0.2) is 13.2 Å². The highest BCUT2D eigenvalue weighted by atomic mass is 32.1. The van der Waals surface area contributed by atoms with Gasteiger partial charge in [0.1, 0.15) is 0 Å². The molecule has 0 bridgehead atoms. The van der Waals surface area contributed by atoms with E-state index < -0.39 is 22.9 Å². The van der Waals surface area contributed by atoms with E-state index in [9.17, 15) is 18.0 Å². The van der Waals surface area contributed by atoms with E-state index in [0.717, 1.165) is 11.3 Å². The average Bonchev–Trinajstić information content (AvgIpc) is 2.43. The van der Waals surface area contributed by atoms with Gasteiger partial charge in [-0.3, -0.25) is 4.79 Å². The second-order valence-corrected chi connectivity index (χ2v) is 5.25. The second-order valence-electron chi connectivity index (χ2n) is 4.20. The summed E-state index contributed by atoms with van der Waals surface area (Å²) in [6.07, 6.45) is 0. The fraction of sp³-hybridized carbons (Fsp3) is 0.0714. The molecule has 1 heterocycles. The predicted molar refractivity (Wildman–Crippen MR) is 70.2 cm³/mol. The van der Waals surface area contributed by atoms with E-state index in [2.05, 4.69) is 0 Å². The number of aryl methyl sites for hydroxylation is 1. The topological polar surface area (TPSA) is 17.1 Å². The monoisotopic (exact) mass is 280 g/mol. The van der Waals surface area contributed by atoms with Crippen LogP contribution in [-0.2, 0) is 0 Å². The minimum absolute atomic E-state index is 0.0832. The van der Waals surface area contributed by atoms with Crippen molar-refractivity contribution in [1.29, 1.82) is 0 Å². The maximum absolute atomic E-state index is 13.8. The molecular formula is C14H7F3OS. The van der Waals surface area contributed by atoms with Crippen molar-refractivity contribution >= 4 is 31.5 Å². The maximum Gasteiger partial charge on any atom is 0.196 e. The van der Waals surface area contributed by atoms with Crippen molar-refractivity contribution in [1.82, 2.24) is 0 Å². The Balaban J connectivity index is 2.71. The van der Waals surface area contributed by atoms with Crippen molar-refractivity contribution < 1.29 is 13.2 Å². The molecule has 2 aromatic carbocycles. The zero-order valence-electron chi connectivity index (χ0n) is 9.76. The molecule has 1 aromatic heterocycles. The van der Waals surface area contributed by atoms with Crippen LogP contribution < -0.4 is 5.43 Å². The summed E-state index contributed by atoms with van der Waals surface area (Å²) in [4.78, 5) is 12.3. The van der Waals surface area contributed by atoms with Crippen LogP contribution >= 0.6 is 11.3 Å². The molecule has 0 aliphatic heterocycles. The van der Waals surface area contributed by atoms with E-state index in [4.69, 9.17) is 0 Å². The molecule has 19 heavy (non-hydrogen) atoms. The summed E-state index contributed by atoms with van der Waals surface area (Å²) < 4.78 is 41.2. The molecule has 0 unspecified atom stereocenters. The number of fused-ring (bicyclic) bond motifs is 2. The molecule has 0 amide bonds. The van der Waals surface area contributed by atoms with Gasteiger partial charge in [0, 0.05) is 21.0 Å². The van der Waals surface area contributed by atoms with Crippen LogP contribution in [0.15, 0.2) is 29.1 Å². The third kappa shape index (κ3) is 1.58. The molecule has 0 aliphatic carbocycles. The van der Waals surface area contributed by atoms with E-state index in [1.165, 1.54) is 6.92 Å². The lowest BCUT2D eigenvalue weighted by atomic mass is 10.1. The Hall–Kier alpha value is -1.88. The zero-order valence-corrected chi connectivity index (χ0v) is 10.6. The van der Waals surface area contributed by atoms with Gasteiger partial charge in [0.2, 0.25) is 0 Å². The normalized spacial score (nSPS) is 11.4. The third-order valence-corrected chi connectivity index (χ3v) is 4.25. The zero-order chi connectivity index (χ0) is 13.7. The van der Waals surface area contributed by atoms with Crippen LogP contribution in [0.4, 0.5) is 13.2 Å². The molecule has 0 N–H and O–H groups in total. The number of hydrogen-bond donors (Lipinski definition) is 0. The van der Waals surface area contributed by atoms with Crippen LogP contribution in [0.25, 0.3) is 20.2 Å². The quantitative estimate of drug-likeness (QED) is 0.447. The lowest BCUT2D eigenvalue weighted by Crippen LogP contribution is -2.07. The molecule has 1 nitrogen and oxygen atoms in total. The van der Waals surface area contributed by atoms with Gasteiger partial charge in [-0.05, 0) is 19.1 Å². The van der Waals surface area contributed by atoms with Crippen molar-refractivity contribution in [3.8, 4) is 0 Å². The molecule has 0 fully saturated rings. The lowest BCUT2D eigenvalue weighted by molar-refractivity contribution is 0.451. The first-order chi connectivity index (χ1) is 9.02. The Labute approximate surface area is 109 Å². The molecule has 5 heteroatoms. The fourth-order valence-corrected chi connectivity index (χ4v) is 3.27. The van der Waals surface area contributed by atoms with Crippen LogP contribution in [0.1, 0.15) is 5.56 Å². The van der Waals surface area contributed by atoms with Crippen LogP contribution in [-0.4, -0.2) is 0 Å². The smallest absolute Gasteiger partial charge is 0.196 e. The SMILES string of the molecule is Cc1c(F)c(F)c(F)c2sc3ccccc3c(=O)c12. The molecule has 0 aliphatic rings. The number of rotatable bonds is 0. The minimum atomic E-state index is -1.53. The van der Waals surface area contributed by atoms with Crippen molar-refractivity contribution in [3.63, 3.8) is 0 Å². The first-order valence-corrected chi connectivity index (χ1v) is 6.32. The molecule has 0 saturated heterocycles. The molecule has 3 aromatic rings. The molecule has 0 spiro atoms. The molecule has 3 rings (SSSR count). The predicted octanol–water partition coefficient (Wildman–Crippen LogP) is 4.14. The van der Waals surface area contributed by atoms with Crippen molar-refractivity contribution in [2.45, 2.75) is 6.92 Å². The van der Waals surface area contributed by atoms with Gasteiger partial charge in [0.25, 0.3) is 0 Å². The van der Waals surface area contributed by atoms with Gasteiger partial charge in [0.15, 0.2) is 22.9 Å². The molecular weight excluding hydrogens is 273 g/mol. The Bertz CT molecular complexity index is 883. The average molecular weight is 280 g/mol. The summed E-state index contributed by atoms with van der Waals surface area (Å²) in [6.45, 7) is 1.28. The van der Waals surface area contributed by atoms with Crippen LogP contribution in [0.5, 0.6) is 0 Å². The fourth-order valence-electron chi connectivity index (χ4n) is 2.11. The standard InChI is InChI=1S/C14H7F3OS/c1-6-9-13(18)7-4-2-3-5-8(7)19-14(9)12(17)11(16)10(6)15/h2-5H,1H3. The van der Waals surface area contributed by atoms with E-state index >= 15 is 0 Å². The van der Waals surface area contributed by atoms with E-state index in [0.29, 0.717) is 10.1 Å². The number of halogens is 3. The first kappa shape index (κ1) is 12.2. The van der Waals surface area contributed by atoms with Crippen molar-refractivity contribution in [2.75, 3.05) is 0 Å². The molecule has 0 atom stereocenters. The van der Waals surface area contributed by atoms with Gasteiger partial charge in [-0.15, -0.1) is 11.3 Å². The van der Waals surface area contributed by atoms with Crippen molar-refractivity contribution in [3.05, 3.63) is 57.5 Å². The summed E-state index contributed by atoms with van der Waals surface area (Å²) in [6, 6.07) is 6.62. The summed E-state index contributed by atoms with van der Waals surface area (Å²) in [5.41, 5.74) is -0.624.